The van der Waals surface area contributed by atoms with Crippen molar-refractivity contribution in [1.29, 1.82) is 0 Å². The number of aryl methyl sites for hydroxylation is 1. The minimum atomic E-state index is 1.11. The van der Waals surface area contributed by atoms with Crippen LogP contribution in [0.5, 0.6) is 0 Å². The highest BCUT2D eigenvalue weighted by Crippen LogP contribution is 2.33. The lowest BCUT2D eigenvalue weighted by Crippen LogP contribution is -1.82. The van der Waals surface area contributed by atoms with Crippen LogP contribution in [0, 0.1) is 25.2 Å². The zero-order valence-electron chi connectivity index (χ0n) is 10.3. The average Bonchev–Trinajstić information content (AvgIpc) is 3.18. The monoisotopic (exact) mass is 229 g/mol. The molecule has 0 saturated heterocycles. The van der Waals surface area contributed by atoms with Gasteiger partial charge in [0.05, 0.1) is 11.1 Å². The van der Waals surface area contributed by atoms with Crippen LogP contribution in [0.3, 0.4) is 0 Å². The van der Waals surface area contributed by atoms with Gasteiger partial charge in [-0.15, -0.1) is 0 Å². The molecule has 0 fully saturated rings. The fraction of sp³-hybridized carbons (Fsp3) is 0.0556. The average molecular weight is 229 g/mol. The number of allylic oxidation sites excluding steroid dienone is 8. The van der Waals surface area contributed by atoms with Crippen LogP contribution in [0.15, 0.2) is 71.4 Å². The maximum absolute atomic E-state index is 3.24. The molecule has 0 bridgehead atoms. The lowest BCUT2D eigenvalue weighted by molar-refractivity contribution is 1.44. The van der Waals surface area contributed by atoms with E-state index in [0.717, 1.165) is 11.1 Å². The summed E-state index contributed by atoms with van der Waals surface area (Å²) in [7, 11) is 0. The van der Waals surface area contributed by atoms with Crippen molar-refractivity contribution < 1.29 is 0 Å². The Labute approximate surface area is 108 Å². The molecule has 18 heavy (non-hydrogen) atoms. The first-order valence-corrected chi connectivity index (χ1v) is 6.07. The van der Waals surface area contributed by atoms with Crippen LogP contribution in [-0.2, 0) is 0 Å². The molecule has 0 radical (unpaired) electrons. The topological polar surface area (TPSA) is 0 Å². The van der Waals surface area contributed by atoms with E-state index >= 15 is 0 Å². The summed E-state index contributed by atoms with van der Waals surface area (Å²) in [6.07, 6.45) is 12.5. The summed E-state index contributed by atoms with van der Waals surface area (Å²) >= 11 is 0. The van der Waals surface area contributed by atoms with Gasteiger partial charge in [0.25, 0.3) is 0 Å². The molecule has 0 nitrogen and oxygen atoms in total. The highest BCUT2D eigenvalue weighted by molar-refractivity contribution is 5.73. The summed E-state index contributed by atoms with van der Waals surface area (Å²) in [4.78, 5) is 0. The first-order valence-electron chi connectivity index (χ1n) is 6.07. The Bertz CT molecular complexity index is 667. The summed E-state index contributed by atoms with van der Waals surface area (Å²) in [6, 6.07) is 8.22. The fourth-order valence-electron chi connectivity index (χ4n) is 1.92. The van der Waals surface area contributed by atoms with Crippen molar-refractivity contribution in [3.8, 4) is 11.8 Å². The van der Waals surface area contributed by atoms with E-state index in [1.807, 2.05) is 18.2 Å². The largest absolute Gasteiger partial charge is 0.105 e. The van der Waals surface area contributed by atoms with Crippen LogP contribution in [0.4, 0.5) is 0 Å². The molecule has 1 aromatic rings. The van der Waals surface area contributed by atoms with Crippen LogP contribution >= 0.6 is 0 Å². The molecule has 84 valence electrons. The smallest absolute Gasteiger partial charge is 0.0619 e. The third-order valence-corrected chi connectivity index (χ3v) is 3.06. The van der Waals surface area contributed by atoms with Gasteiger partial charge in [-0.1, -0.05) is 24.1 Å². The third kappa shape index (κ3) is 2.17. The molecule has 3 rings (SSSR count). The van der Waals surface area contributed by atoms with Crippen LogP contribution in [-0.4, -0.2) is 0 Å². The van der Waals surface area contributed by atoms with Gasteiger partial charge in [-0.2, -0.15) is 0 Å². The molecule has 0 spiro atoms. The Balaban J connectivity index is 1.78. The minimum Gasteiger partial charge on any atom is -0.0619 e. The molecule has 0 N–H and O–H groups in total. The van der Waals surface area contributed by atoms with Gasteiger partial charge < -0.3 is 0 Å². The molecule has 2 aliphatic carbocycles. The summed E-state index contributed by atoms with van der Waals surface area (Å²) < 4.78 is 0. The van der Waals surface area contributed by atoms with Gasteiger partial charge in [0.15, 0.2) is 0 Å². The first kappa shape index (κ1) is 10.7. The summed E-state index contributed by atoms with van der Waals surface area (Å²) in [6.45, 7) is 2.09. The van der Waals surface area contributed by atoms with E-state index < -0.39 is 0 Å². The molecular weight excluding hydrogens is 216 g/mol. The van der Waals surface area contributed by atoms with Crippen LogP contribution in [0.2, 0.25) is 0 Å². The normalized spacial score (nSPS) is 19.7. The highest BCUT2D eigenvalue weighted by atomic mass is 14.2. The highest BCUT2D eigenvalue weighted by Gasteiger charge is 2.24. The van der Waals surface area contributed by atoms with E-state index in [1.54, 1.807) is 0 Å². The second kappa shape index (κ2) is 4.47. The van der Waals surface area contributed by atoms with Gasteiger partial charge in [0, 0.05) is 42.4 Å². The molecular formula is C18H13+. The van der Waals surface area contributed by atoms with Gasteiger partial charge in [0.1, 0.15) is 5.57 Å². The van der Waals surface area contributed by atoms with Crippen molar-refractivity contribution in [3.63, 3.8) is 0 Å². The summed E-state index contributed by atoms with van der Waals surface area (Å²) in [5.41, 5.74) is 6.03. The third-order valence-electron chi connectivity index (χ3n) is 3.06. The van der Waals surface area contributed by atoms with E-state index in [9.17, 15) is 0 Å². The zero-order valence-corrected chi connectivity index (χ0v) is 10.3. The second-order valence-corrected chi connectivity index (χ2v) is 4.40. The van der Waals surface area contributed by atoms with E-state index in [0.29, 0.717) is 0 Å². The van der Waals surface area contributed by atoms with Crippen molar-refractivity contribution in [2.45, 2.75) is 6.92 Å². The molecule has 0 atom stereocenters. The van der Waals surface area contributed by atoms with Gasteiger partial charge in [-0.25, -0.2) is 0 Å². The molecule has 0 heteroatoms. The summed E-state index contributed by atoms with van der Waals surface area (Å²) in [5.74, 6) is 6.47. The van der Waals surface area contributed by atoms with Gasteiger partial charge >= 0.3 is 0 Å². The molecule has 0 unspecified atom stereocenters. The maximum atomic E-state index is 3.24. The predicted molar refractivity (Wildman–Crippen MR) is 75.7 cm³/mol. The van der Waals surface area contributed by atoms with E-state index in [-0.39, 0.29) is 0 Å². The number of hydrogen-bond acceptors (Lipinski definition) is 0. The lowest BCUT2D eigenvalue weighted by atomic mass is 10.1. The first-order chi connectivity index (χ1) is 8.84. The molecule has 0 aliphatic heterocycles. The van der Waals surface area contributed by atoms with Gasteiger partial charge in [-0.05, 0) is 24.5 Å². The molecule has 0 saturated carbocycles. The van der Waals surface area contributed by atoms with Crippen molar-refractivity contribution >= 4 is 0 Å². The van der Waals surface area contributed by atoms with Crippen molar-refractivity contribution in [2.24, 2.45) is 0 Å². The molecule has 0 amide bonds. The van der Waals surface area contributed by atoms with E-state index in [1.165, 1.54) is 16.7 Å². The van der Waals surface area contributed by atoms with E-state index in [2.05, 4.69) is 61.6 Å². The minimum absolute atomic E-state index is 1.11. The number of rotatable bonds is 0. The predicted octanol–water partition coefficient (Wildman–Crippen LogP) is 3.91. The molecule has 0 aromatic heterocycles. The quantitative estimate of drug-likeness (QED) is 0.467. The molecule has 0 heterocycles. The Morgan fingerprint density at radius 3 is 2.72 bits per heavy atom. The SMILES string of the molecule is Cc1ccccc1C#CC1=CC/1=C1\C=CC=C[CH+]1. The zero-order chi connectivity index (χ0) is 12.4. The molecule has 2 aliphatic rings. The van der Waals surface area contributed by atoms with Crippen LogP contribution in [0.1, 0.15) is 11.1 Å². The van der Waals surface area contributed by atoms with Crippen molar-refractivity contribution in [3.05, 3.63) is 88.9 Å². The van der Waals surface area contributed by atoms with Crippen LogP contribution in [0.25, 0.3) is 0 Å². The maximum Gasteiger partial charge on any atom is 0.105 e. The Morgan fingerprint density at radius 2 is 1.94 bits per heavy atom. The van der Waals surface area contributed by atoms with Crippen LogP contribution < -0.4 is 0 Å². The number of hydrogen-bond donors (Lipinski definition) is 0. The Morgan fingerprint density at radius 1 is 1.06 bits per heavy atom. The Kier molecular flexibility index (Phi) is 2.67. The van der Waals surface area contributed by atoms with E-state index in [4.69, 9.17) is 0 Å². The standard InChI is InChI=1S/C18H13/c1-14-7-5-6-8-15(14)11-12-17-13-18(17)16-9-3-2-4-10-16/h2-10,13H,1H3/q+1. The fourth-order valence-corrected chi connectivity index (χ4v) is 1.92. The van der Waals surface area contributed by atoms with Crippen molar-refractivity contribution in [1.82, 2.24) is 0 Å². The van der Waals surface area contributed by atoms with Gasteiger partial charge in [-0.3, -0.25) is 0 Å². The van der Waals surface area contributed by atoms with Gasteiger partial charge in [0.2, 0.25) is 0 Å². The van der Waals surface area contributed by atoms with Crippen molar-refractivity contribution in [2.75, 3.05) is 0 Å². The summed E-state index contributed by atoms with van der Waals surface area (Å²) in [5, 5.41) is 0. The number of benzene rings is 1. The molecule has 1 aromatic carbocycles. The lowest BCUT2D eigenvalue weighted by Gasteiger charge is -1.94. The Hall–Kier alpha value is -2.39. The second-order valence-electron chi connectivity index (χ2n) is 4.40.